The minimum Gasteiger partial charge on any atom is -0.325 e. The molecule has 2 aromatic carbocycles. The van der Waals surface area contributed by atoms with E-state index in [4.69, 9.17) is 0 Å². The molecule has 0 saturated carbocycles. The van der Waals surface area contributed by atoms with Crippen molar-refractivity contribution in [3.63, 3.8) is 0 Å². The Morgan fingerprint density at radius 3 is 2.31 bits per heavy atom. The molecule has 9 heteroatoms. The summed E-state index contributed by atoms with van der Waals surface area (Å²) in [6.45, 7) is 3.08. The molecular formula is C20H23F2N3O3S. The highest BCUT2D eigenvalue weighted by Crippen LogP contribution is 2.17. The maximum absolute atomic E-state index is 13.3. The Labute approximate surface area is 169 Å². The van der Waals surface area contributed by atoms with Crippen LogP contribution in [0.3, 0.4) is 0 Å². The third-order valence-electron chi connectivity index (χ3n) is 4.97. The lowest BCUT2D eigenvalue weighted by Crippen LogP contribution is -2.54. The molecule has 0 bridgehead atoms. The van der Waals surface area contributed by atoms with Crippen molar-refractivity contribution < 1.29 is 22.0 Å². The molecule has 1 fully saturated rings. The Kier molecular flexibility index (Phi) is 6.61. The molecule has 1 aliphatic heterocycles. The van der Waals surface area contributed by atoms with Crippen molar-refractivity contribution in [2.24, 2.45) is 0 Å². The first-order valence-corrected chi connectivity index (χ1v) is 10.9. The number of piperazine rings is 1. The van der Waals surface area contributed by atoms with Crippen LogP contribution in [0.2, 0.25) is 0 Å². The summed E-state index contributed by atoms with van der Waals surface area (Å²) < 4.78 is 53.0. The van der Waals surface area contributed by atoms with Gasteiger partial charge in [-0.25, -0.2) is 17.2 Å². The van der Waals surface area contributed by atoms with Crippen LogP contribution in [0.25, 0.3) is 0 Å². The van der Waals surface area contributed by atoms with E-state index in [0.717, 1.165) is 17.7 Å². The lowest BCUT2D eigenvalue weighted by molar-refractivity contribution is -0.121. The van der Waals surface area contributed by atoms with Crippen molar-refractivity contribution in [3.05, 3.63) is 65.7 Å². The smallest absolute Gasteiger partial charge is 0.241 e. The molecule has 1 atom stereocenters. The van der Waals surface area contributed by atoms with E-state index in [9.17, 15) is 22.0 Å². The molecule has 29 heavy (non-hydrogen) atoms. The van der Waals surface area contributed by atoms with Gasteiger partial charge in [0.25, 0.3) is 0 Å². The predicted molar refractivity (Wildman–Crippen MR) is 107 cm³/mol. The van der Waals surface area contributed by atoms with Crippen LogP contribution in [0, 0.1) is 11.6 Å². The molecule has 3 rings (SSSR count). The van der Waals surface area contributed by atoms with Gasteiger partial charge in [0, 0.05) is 37.9 Å². The summed E-state index contributed by atoms with van der Waals surface area (Å²) in [5.41, 5.74) is 0.902. The van der Waals surface area contributed by atoms with Crippen molar-refractivity contribution in [1.82, 2.24) is 9.21 Å². The topological polar surface area (TPSA) is 69.7 Å². The van der Waals surface area contributed by atoms with Crippen LogP contribution in [-0.2, 0) is 20.6 Å². The van der Waals surface area contributed by atoms with Crippen LogP contribution in [0.4, 0.5) is 14.5 Å². The van der Waals surface area contributed by atoms with E-state index in [0.29, 0.717) is 13.1 Å². The third-order valence-corrected chi connectivity index (χ3v) is 6.82. The molecular weight excluding hydrogens is 400 g/mol. The average Bonchev–Trinajstić information content (AvgIpc) is 2.70. The molecule has 6 nitrogen and oxygen atoms in total. The van der Waals surface area contributed by atoms with E-state index in [1.165, 1.54) is 10.4 Å². The molecule has 1 aliphatic rings. The van der Waals surface area contributed by atoms with Crippen LogP contribution in [-0.4, -0.2) is 55.8 Å². The summed E-state index contributed by atoms with van der Waals surface area (Å²) in [5.74, 6) is -2.44. The van der Waals surface area contributed by atoms with Crippen molar-refractivity contribution in [3.8, 4) is 0 Å². The number of nitrogens with one attached hydrogen (secondary N) is 1. The molecule has 1 N–H and O–H groups in total. The number of sulfonamides is 1. The summed E-state index contributed by atoms with van der Waals surface area (Å²) in [6.07, 6.45) is 0. The van der Waals surface area contributed by atoms with Gasteiger partial charge in [-0.05, 0) is 24.6 Å². The van der Waals surface area contributed by atoms with E-state index in [2.05, 4.69) is 5.32 Å². The summed E-state index contributed by atoms with van der Waals surface area (Å²) in [6, 6.07) is 11.6. The highest BCUT2D eigenvalue weighted by atomic mass is 32.2. The van der Waals surface area contributed by atoms with Gasteiger partial charge in [0.2, 0.25) is 15.9 Å². The van der Waals surface area contributed by atoms with Crippen LogP contribution >= 0.6 is 0 Å². The van der Waals surface area contributed by atoms with Gasteiger partial charge >= 0.3 is 0 Å². The largest absolute Gasteiger partial charge is 0.325 e. The van der Waals surface area contributed by atoms with Gasteiger partial charge in [-0.2, -0.15) is 4.31 Å². The highest BCUT2D eigenvalue weighted by molar-refractivity contribution is 7.88. The van der Waals surface area contributed by atoms with E-state index < -0.39 is 27.7 Å². The second-order valence-corrected chi connectivity index (χ2v) is 8.94. The van der Waals surface area contributed by atoms with E-state index >= 15 is 0 Å². The van der Waals surface area contributed by atoms with Gasteiger partial charge in [-0.3, -0.25) is 9.69 Å². The number of hydrogen-bond donors (Lipinski definition) is 1. The summed E-state index contributed by atoms with van der Waals surface area (Å²) in [7, 11) is -3.43. The Hall–Kier alpha value is -2.36. The van der Waals surface area contributed by atoms with Crippen LogP contribution in [0.5, 0.6) is 0 Å². The van der Waals surface area contributed by atoms with Gasteiger partial charge in [-0.1, -0.05) is 30.3 Å². The van der Waals surface area contributed by atoms with E-state index in [1.807, 2.05) is 11.0 Å². The fraction of sp³-hybridized carbons (Fsp3) is 0.350. The fourth-order valence-corrected chi connectivity index (χ4v) is 4.75. The minimum absolute atomic E-state index is 0.0555. The number of rotatable bonds is 6. The monoisotopic (exact) mass is 423 g/mol. The lowest BCUT2D eigenvalue weighted by atomic mass is 10.2. The number of amides is 1. The Morgan fingerprint density at radius 2 is 1.69 bits per heavy atom. The zero-order valence-corrected chi connectivity index (χ0v) is 16.8. The molecule has 1 saturated heterocycles. The van der Waals surface area contributed by atoms with Gasteiger partial charge in [-0.15, -0.1) is 0 Å². The standard InChI is InChI=1S/C20H23F2N3O3S/c1-15(20(26)23-17-7-8-18(21)19(22)13-17)24-9-11-25(12-10-24)29(27,28)14-16-5-3-2-4-6-16/h2-8,13,15H,9-12,14H2,1H3,(H,23,26)/t15-/m0/s1. The number of carbonyl (C=O) groups excluding carboxylic acids is 1. The number of hydrogen-bond acceptors (Lipinski definition) is 4. The van der Waals surface area contributed by atoms with Crippen molar-refractivity contribution in [2.75, 3.05) is 31.5 Å². The first-order valence-electron chi connectivity index (χ1n) is 9.28. The molecule has 1 amide bonds. The van der Waals surface area contributed by atoms with Crippen LogP contribution in [0.15, 0.2) is 48.5 Å². The number of benzene rings is 2. The second-order valence-electron chi connectivity index (χ2n) is 6.97. The Balaban J connectivity index is 1.55. The van der Waals surface area contributed by atoms with Crippen LogP contribution < -0.4 is 5.32 Å². The average molecular weight is 423 g/mol. The fourth-order valence-electron chi connectivity index (χ4n) is 3.23. The summed E-state index contributed by atoms with van der Waals surface area (Å²) >= 11 is 0. The number of carbonyl (C=O) groups is 1. The number of halogens is 2. The zero-order chi connectivity index (χ0) is 21.0. The first kappa shape index (κ1) is 21.4. The summed E-state index contributed by atoms with van der Waals surface area (Å²) in [5, 5.41) is 2.56. The third kappa shape index (κ3) is 5.37. The van der Waals surface area contributed by atoms with Gasteiger partial charge in [0.1, 0.15) is 0 Å². The maximum Gasteiger partial charge on any atom is 0.241 e. The van der Waals surface area contributed by atoms with Gasteiger partial charge in [0.05, 0.1) is 11.8 Å². The maximum atomic E-state index is 13.3. The number of anilines is 1. The second kappa shape index (κ2) is 8.98. The number of nitrogens with zero attached hydrogens (tertiary/aromatic N) is 2. The molecule has 156 valence electrons. The molecule has 0 unspecified atom stereocenters. The molecule has 2 aromatic rings. The molecule has 0 radical (unpaired) electrons. The van der Waals surface area contributed by atoms with Crippen molar-refractivity contribution in [1.29, 1.82) is 0 Å². The van der Waals surface area contributed by atoms with Gasteiger partial charge in [0.15, 0.2) is 11.6 Å². The Morgan fingerprint density at radius 1 is 1.03 bits per heavy atom. The molecule has 1 heterocycles. The molecule has 0 spiro atoms. The normalized spacial score (nSPS) is 17.1. The van der Waals surface area contributed by atoms with Crippen LogP contribution in [0.1, 0.15) is 12.5 Å². The molecule has 0 aromatic heterocycles. The van der Waals surface area contributed by atoms with Crippen molar-refractivity contribution in [2.45, 2.75) is 18.7 Å². The van der Waals surface area contributed by atoms with E-state index in [1.54, 1.807) is 31.2 Å². The predicted octanol–water partition coefficient (Wildman–Crippen LogP) is 2.44. The quantitative estimate of drug-likeness (QED) is 0.775. The zero-order valence-electron chi connectivity index (χ0n) is 16.0. The highest BCUT2D eigenvalue weighted by Gasteiger charge is 2.31. The molecule has 0 aliphatic carbocycles. The van der Waals surface area contributed by atoms with E-state index in [-0.39, 0.29) is 30.4 Å². The first-order chi connectivity index (χ1) is 13.8. The summed E-state index contributed by atoms with van der Waals surface area (Å²) in [4.78, 5) is 14.3. The lowest BCUT2D eigenvalue weighted by Gasteiger charge is -2.36. The minimum atomic E-state index is -3.43. The Bertz CT molecular complexity index is 962. The van der Waals surface area contributed by atoms with Gasteiger partial charge < -0.3 is 5.32 Å². The SMILES string of the molecule is C[C@@H](C(=O)Nc1ccc(F)c(F)c1)N1CCN(S(=O)(=O)Cc2ccccc2)CC1. The van der Waals surface area contributed by atoms with Crippen molar-refractivity contribution >= 4 is 21.6 Å².